The summed E-state index contributed by atoms with van der Waals surface area (Å²) in [5.41, 5.74) is 2.97. The number of carbonyl (C=O) groups excluding carboxylic acids is 1. The highest BCUT2D eigenvalue weighted by atomic mass is 35.5. The Bertz CT molecular complexity index is 990. The van der Waals surface area contributed by atoms with Gasteiger partial charge in [-0.1, -0.05) is 18.5 Å². The minimum atomic E-state index is -0.720. The second-order valence-corrected chi connectivity index (χ2v) is 8.98. The van der Waals surface area contributed by atoms with Crippen molar-refractivity contribution in [3.05, 3.63) is 52.3 Å². The largest absolute Gasteiger partial charge is 0.495 e. The van der Waals surface area contributed by atoms with Gasteiger partial charge in [-0.25, -0.2) is 0 Å². The number of aromatic nitrogens is 1. The van der Waals surface area contributed by atoms with Crippen LogP contribution in [0.15, 0.2) is 30.3 Å². The Hall–Kier alpha value is -2.80. The molecule has 0 spiro atoms. The molecule has 1 fully saturated rings. The van der Waals surface area contributed by atoms with E-state index in [2.05, 4.69) is 22.5 Å². The first-order valence-electron chi connectivity index (χ1n) is 11.4. The van der Waals surface area contributed by atoms with Crippen molar-refractivity contribution in [2.45, 2.75) is 52.0 Å². The summed E-state index contributed by atoms with van der Waals surface area (Å²) in [6.07, 6.45) is 3.79. The number of methoxy groups -OCH3 is 1. The number of amides is 1. The van der Waals surface area contributed by atoms with E-state index >= 15 is 0 Å². The van der Waals surface area contributed by atoms with Gasteiger partial charge in [-0.3, -0.25) is 14.6 Å². The van der Waals surface area contributed by atoms with E-state index in [0.29, 0.717) is 47.3 Å². The number of carboxylic acid groups (broad SMARTS) is 1. The predicted octanol–water partition coefficient (Wildman–Crippen LogP) is 5.10. The van der Waals surface area contributed by atoms with E-state index in [4.69, 9.17) is 21.4 Å². The molecule has 1 atom stereocenters. The Morgan fingerprint density at radius 3 is 2.55 bits per heavy atom. The lowest BCUT2D eigenvalue weighted by molar-refractivity contribution is -0.143. The van der Waals surface area contributed by atoms with Gasteiger partial charge in [-0.15, -0.1) is 0 Å². The topological polar surface area (TPSA) is 101 Å². The fourth-order valence-corrected chi connectivity index (χ4v) is 4.45. The number of nitrogens with zero attached hydrogens (tertiary/aromatic N) is 1. The molecule has 3 rings (SSSR count). The third-order valence-electron chi connectivity index (χ3n) is 6.29. The molecule has 1 saturated carbocycles. The summed E-state index contributed by atoms with van der Waals surface area (Å²) in [7, 11) is 1.62. The first-order valence-corrected chi connectivity index (χ1v) is 11.8. The number of aryl methyl sites for hydroxylation is 1. The van der Waals surface area contributed by atoms with Crippen LogP contribution >= 0.6 is 11.6 Å². The summed E-state index contributed by atoms with van der Waals surface area (Å²) in [6, 6.07) is 8.91. The van der Waals surface area contributed by atoms with Crippen molar-refractivity contribution < 1.29 is 19.4 Å². The van der Waals surface area contributed by atoms with Crippen LogP contribution in [0.2, 0.25) is 5.02 Å². The first kappa shape index (κ1) is 24.8. The highest BCUT2D eigenvalue weighted by Gasteiger charge is 2.26. The van der Waals surface area contributed by atoms with Crippen molar-refractivity contribution in [2.75, 3.05) is 19.0 Å². The lowest BCUT2D eigenvalue weighted by Gasteiger charge is -2.26. The fraction of sp³-hybridized carbons (Fsp3) is 0.480. The van der Waals surface area contributed by atoms with Gasteiger partial charge in [0, 0.05) is 17.8 Å². The zero-order valence-electron chi connectivity index (χ0n) is 19.4. The minimum absolute atomic E-state index is 0.149. The van der Waals surface area contributed by atoms with Crippen LogP contribution in [-0.2, 0) is 11.2 Å². The number of carbonyl (C=O) groups is 2. The lowest BCUT2D eigenvalue weighted by atomic mass is 9.82. The van der Waals surface area contributed by atoms with Crippen LogP contribution in [0.25, 0.3) is 0 Å². The van der Waals surface area contributed by atoms with Crippen LogP contribution in [0, 0.1) is 11.8 Å². The molecule has 0 unspecified atom stereocenters. The Balaban J connectivity index is 1.59. The van der Waals surface area contributed by atoms with Crippen LogP contribution in [0.4, 0.5) is 5.69 Å². The highest BCUT2D eigenvalue weighted by Crippen LogP contribution is 2.31. The number of rotatable bonds is 9. The number of benzene rings is 1. The SMILES string of the molecule is CCc1ccc(OC)c([C@H](C)Nc2ccc(C(=O)NCC3CCC(C(=O)O)CC3)cc2Cl)n1. The van der Waals surface area contributed by atoms with Crippen molar-refractivity contribution in [3.8, 4) is 5.75 Å². The molecule has 1 heterocycles. The molecule has 1 aromatic heterocycles. The summed E-state index contributed by atoms with van der Waals surface area (Å²) in [4.78, 5) is 28.4. The standard InChI is InChI=1S/C25H32ClN3O4/c1-4-19-10-12-22(33-3)23(29-19)15(2)28-21-11-9-18(13-20(21)26)24(30)27-14-16-5-7-17(8-6-16)25(31)32/h9-13,15-17,28H,4-8,14H2,1-3H3,(H,27,30)(H,31,32)/t15-,16?,17?/m0/s1. The molecule has 1 aromatic carbocycles. The van der Waals surface area contributed by atoms with Crippen molar-refractivity contribution >= 4 is 29.2 Å². The van der Waals surface area contributed by atoms with Crippen molar-refractivity contribution in [1.29, 1.82) is 0 Å². The number of ether oxygens (including phenoxy) is 1. The molecule has 0 aliphatic heterocycles. The second kappa shape index (κ2) is 11.4. The first-order chi connectivity index (χ1) is 15.8. The van der Waals surface area contributed by atoms with Gasteiger partial charge in [0.25, 0.3) is 5.91 Å². The zero-order chi connectivity index (χ0) is 24.0. The molecule has 0 radical (unpaired) electrons. The summed E-state index contributed by atoms with van der Waals surface area (Å²) >= 11 is 6.48. The van der Waals surface area contributed by atoms with Crippen molar-refractivity contribution in [2.24, 2.45) is 11.8 Å². The molecule has 2 aromatic rings. The number of hydrogen-bond acceptors (Lipinski definition) is 5. The molecule has 3 N–H and O–H groups in total. The van der Waals surface area contributed by atoms with Gasteiger partial charge in [-0.2, -0.15) is 0 Å². The third kappa shape index (κ3) is 6.38. The molecule has 1 amide bonds. The Morgan fingerprint density at radius 2 is 1.94 bits per heavy atom. The van der Waals surface area contributed by atoms with E-state index in [1.54, 1.807) is 25.3 Å². The summed E-state index contributed by atoms with van der Waals surface area (Å²) in [5, 5.41) is 15.9. The number of anilines is 1. The van der Waals surface area contributed by atoms with Gasteiger partial charge in [0.1, 0.15) is 11.4 Å². The van der Waals surface area contributed by atoms with Gasteiger partial charge < -0.3 is 20.5 Å². The maximum Gasteiger partial charge on any atom is 0.306 e. The van der Waals surface area contributed by atoms with E-state index in [0.717, 1.165) is 30.7 Å². The summed E-state index contributed by atoms with van der Waals surface area (Å²) in [5.74, 6) is -0.143. The number of hydrogen-bond donors (Lipinski definition) is 3. The zero-order valence-corrected chi connectivity index (χ0v) is 20.1. The van der Waals surface area contributed by atoms with Gasteiger partial charge in [0.15, 0.2) is 0 Å². The average molecular weight is 474 g/mol. The maximum atomic E-state index is 12.6. The van der Waals surface area contributed by atoms with E-state index in [1.807, 2.05) is 19.1 Å². The van der Waals surface area contributed by atoms with E-state index < -0.39 is 5.97 Å². The van der Waals surface area contributed by atoms with E-state index in [-0.39, 0.29) is 17.9 Å². The van der Waals surface area contributed by atoms with Crippen molar-refractivity contribution in [3.63, 3.8) is 0 Å². The molecule has 178 valence electrons. The minimum Gasteiger partial charge on any atom is -0.495 e. The smallest absolute Gasteiger partial charge is 0.306 e. The molecule has 1 aliphatic rings. The average Bonchev–Trinajstić information content (AvgIpc) is 2.83. The number of carboxylic acids is 1. The number of aliphatic carboxylic acids is 1. The quantitative estimate of drug-likeness (QED) is 0.468. The van der Waals surface area contributed by atoms with Crippen LogP contribution in [0.3, 0.4) is 0 Å². The monoisotopic (exact) mass is 473 g/mol. The third-order valence-corrected chi connectivity index (χ3v) is 6.60. The summed E-state index contributed by atoms with van der Waals surface area (Å²) < 4.78 is 5.46. The van der Waals surface area contributed by atoms with Gasteiger partial charge in [-0.05, 0) is 75.3 Å². The molecule has 0 bridgehead atoms. The Morgan fingerprint density at radius 1 is 1.21 bits per heavy atom. The normalized spacial score (nSPS) is 18.9. The van der Waals surface area contributed by atoms with E-state index in [9.17, 15) is 9.59 Å². The van der Waals surface area contributed by atoms with Gasteiger partial charge in [0.2, 0.25) is 0 Å². The molecule has 0 saturated heterocycles. The molecule has 8 heteroatoms. The van der Waals surface area contributed by atoms with Gasteiger partial charge in [0.05, 0.1) is 29.8 Å². The number of pyridine rings is 1. The molecule has 7 nitrogen and oxygen atoms in total. The molecule has 33 heavy (non-hydrogen) atoms. The Labute approximate surface area is 199 Å². The Kier molecular flexibility index (Phi) is 8.55. The molecular weight excluding hydrogens is 442 g/mol. The number of nitrogens with one attached hydrogen (secondary N) is 2. The van der Waals surface area contributed by atoms with Crippen LogP contribution in [0.5, 0.6) is 5.75 Å². The second-order valence-electron chi connectivity index (χ2n) is 8.57. The fourth-order valence-electron chi connectivity index (χ4n) is 4.21. The lowest BCUT2D eigenvalue weighted by Crippen LogP contribution is -2.32. The van der Waals surface area contributed by atoms with Crippen LogP contribution in [0.1, 0.15) is 67.3 Å². The van der Waals surface area contributed by atoms with Gasteiger partial charge >= 0.3 is 5.97 Å². The van der Waals surface area contributed by atoms with E-state index in [1.165, 1.54) is 0 Å². The predicted molar refractivity (Wildman–Crippen MR) is 129 cm³/mol. The maximum absolute atomic E-state index is 12.6. The number of halogens is 1. The molecule has 1 aliphatic carbocycles. The highest BCUT2D eigenvalue weighted by molar-refractivity contribution is 6.33. The van der Waals surface area contributed by atoms with Crippen LogP contribution in [-0.4, -0.2) is 35.6 Å². The molecular formula is C25H32ClN3O4. The van der Waals surface area contributed by atoms with Crippen LogP contribution < -0.4 is 15.4 Å². The van der Waals surface area contributed by atoms with Crippen molar-refractivity contribution in [1.82, 2.24) is 10.3 Å². The summed E-state index contributed by atoms with van der Waals surface area (Å²) in [6.45, 7) is 4.58.